The quantitative estimate of drug-likeness (QED) is 0.164. The third kappa shape index (κ3) is 4.64. The van der Waals surface area contributed by atoms with E-state index in [1.54, 1.807) is 0 Å². The minimum Gasteiger partial charge on any atom is -0.309 e. The number of benzene rings is 8. The van der Waals surface area contributed by atoms with E-state index in [1.165, 1.54) is 63.1 Å². The molecule has 1 aliphatic heterocycles. The Morgan fingerprint density at radius 3 is 1.91 bits per heavy atom. The molecule has 0 bridgehead atoms. The lowest BCUT2D eigenvalue weighted by molar-refractivity contribution is 1.17. The van der Waals surface area contributed by atoms with E-state index < -0.39 is 8.07 Å². The Hall–Kier alpha value is -6.92. The summed E-state index contributed by atoms with van der Waals surface area (Å²) >= 11 is 1.89. The van der Waals surface area contributed by atoms with Crippen molar-refractivity contribution in [1.29, 1.82) is 0 Å². The van der Waals surface area contributed by atoms with E-state index in [2.05, 4.69) is 205 Å². The SMILES string of the molecule is c1ccc(-c2nc(-c3cccc(-n4c5ccccc5c5c6sc7ccccc7c6ccc54)c3)c3c(n2)[Si](c2ccccc2)(c2ccccc2)c2ccccc2-3)cc1. The average Bonchev–Trinajstić information content (AvgIpc) is 3.93. The van der Waals surface area contributed by atoms with Gasteiger partial charge in [-0.1, -0.05) is 170 Å². The van der Waals surface area contributed by atoms with Crippen molar-refractivity contribution in [2.24, 2.45) is 0 Å². The number of para-hydroxylation sites is 1. The monoisotopic (exact) mass is 759 g/mol. The fourth-order valence-electron chi connectivity index (χ4n) is 9.50. The minimum absolute atomic E-state index is 0.746. The van der Waals surface area contributed by atoms with Crippen LogP contribution in [0.25, 0.3) is 81.4 Å². The maximum atomic E-state index is 5.68. The Morgan fingerprint density at radius 2 is 1.12 bits per heavy atom. The van der Waals surface area contributed by atoms with Gasteiger partial charge >= 0.3 is 0 Å². The van der Waals surface area contributed by atoms with Crippen molar-refractivity contribution in [1.82, 2.24) is 14.5 Å². The summed E-state index contributed by atoms with van der Waals surface area (Å²) in [6.45, 7) is 0. The molecule has 57 heavy (non-hydrogen) atoms. The lowest BCUT2D eigenvalue weighted by atomic mass is 10.00. The molecule has 0 atom stereocenters. The van der Waals surface area contributed by atoms with Crippen LogP contribution in [0.1, 0.15) is 0 Å². The van der Waals surface area contributed by atoms with E-state index in [-0.39, 0.29) is 0 Å². The van der Waals surface area contributed by atoms with Crippen LogP contribution in [0.2, 0.25) is 0 Å². The van der Waals surface area contributed by atoms with Gasteiger partial charge in [-0.3, -0.25) is 0 Å². The van der Waals surface area contributed by atoms with Gasteiger partial charge in [-0.2, -0.15) is 0 Å². The molecule has 266 valence electrons. The van der Waals surface area contributed by atoms with E-state index in [4.69, 9.17) is 9.97 Å². The standard InChI is InChI=1S/C52H33N3SSi/c1-4-17-34(18-5-1)51-53-49(48-42-27-12-15-30-46(42)57(52(48)54-51,37-21-6-2-7-22-37)38-23-8-3-9-24-38)35-19-16-20-36(33-35)55-43-28-13-10-26-41(43)47-44(55)32-31-40-39-25-11-14-29-45(39)56-50(40)47/h1-33H. The van der Waals surface area contributed by atoms with Gasteiger partial charge in [0.25, 0.3) is 0 Å². The van der Waals surface area contributed by atoms with Gasteiger partial charge in [0.15, 0.2) is 5.82 Å². The molecule has 5 heteroatoms. The van der Waals surface area contributed by atoms with Gasteiger partial charge in [0.05, 0.1) is 22.0 Å². The highest BCUT2D eigenvalue weighted by atomic mass is 32.1. The molecule has 3 aromatic heterocycles. The normalized spacial score (nSPS) is 13.1. The minimum atomic E-state index is -2.89. The summed E-state index contributed by atoms with van der Waals surface area (Å²) in [5, 5.41) is 10.3. The molecule has 0 saturated carbocycles. The smallest absolute Gasteiger partial charge is 0.203 e. The molecular weight excluding hydrogens is 727 g/mol. The Morgan fingerprint density at radius 1 is 0.474 bits per heavy atom. The van der Waals surface area contributed by atoms with Crippen LogP contribution in [0.4, 0.5) is 0 Å². The molecule has 1 aliphatic rings. The second-order valence-electron chi connectivity index (χ2n) is 14.9. The summed E-state index contributed by atoms with van der Waals surface area (Å²) in [7, 11) is -2.89. The molecule has 0 unspecified atom stereocenters. The fourth-order valence-corrected chi connectivity index (χ4v) is 15.8. The van der Waals surface area contributed by atoms with Gasteiger partial charge in [-0.05, 0) is 51.5 Å². The van der Waals surface area contributed by atoms with Crippen molar-refractivity contribution in [3.05, 3.63) is 200 Å². The van der Waals surface area contributed by atoms with E-state index >= 15 is 0 Å². The van der Waals surface area contributed by atoms with Crippen LogP contribution >= 0.6 is 11.3 Å². The zero-order chi connectivity index (χ0) is 37.5. The highest BCUT2D eigenvalue weighted by molar-refractivity contribution is 7.26. The summed E-state index contributed by atoms with van der Waals surface area (Å²) < 4.78 is 5.09. The first-order valence-electron chi connectivity index (χ1n) is 19.4. The highest BCUT2D eigenvalue weighted by Crippen LogP contribution is 2.44. The summed E-state index contributed by atoms with van der Waals surface area (Å²) in [6.07, 6.45) is 0. The lowest BCUT2D eigenvalue weighted by Crippen LogP contribution is -2.73. The topological polar surface area (TPSA) is 30.7 Å². The maximum absolute atomic E-state index is 5.68. The molecule has 11 aromatic rings. The number of rotatable bonds is 5. The summed E-state index contributed by atoms with van der Waals surface area (Å²) in [5.74, 6) is 0.746. The van der Waals surface area contributed by atoms with Crippen molar-refractivity contribution >= 4 is 82.3 Å². The van der Waals surface area contributed by atoms with Crippen molar-refractivity contribution in [3.8, 4) is 39.5 Å². The van der Waals surface area contributed by atoms with Gasteiger partial charge < -0.3 is 4.57 Å². The number of hydrogen-bond acceptors (Lipinski definition) is 3. The number of hydrogen-bond donors (Lipinski definition) is 0. The van der Waals surface area contributed by atoms with Crippen LogP contribution in [0, 0.1) is 0 Å². The van der Waals surface area contributed by atoms with E-state index in [0.29, 0.717) is 0 Å². The first kappa shape index (κ1) is 32.3. The molecule has 0 saturated heterocycles. The molecule has 4 heterocycles. The zero-order valence-electron chi connectivity index (χ0n) is 30.8. The molecule has 0 fully saturated rings. The Balaban J connectivity index is 1.16. The van der Waals surface area contributed by atoms with Crippen molar-refractivity contribution < 1.29 is 0 Å². The highest BCUT2D eigenvalue weighted by Gasteiger charge is 2.51. The molecule has 0 N–H and O–H groups in total. The van der Waals surface area contributed by atoms with Gasteiger partial charge in [0.1, 0.15) is 0 Å². The van der Waals surface area contributed by atoms with Crippen LogP contribution in [0.15, 0.2) is 200 Å². The van der Waals surface area contributed by atoms with E-state index in [9.17, 15) is 0 Å². The Labute approximate surface area is 334 Å². The molecule has 8 aromatic carbocycles. The lowest BCUT2D eigenvalue weighted by Gasteiger charge is -2.30. The number of fused-ring (bicyclic) bond motifs is 10. The molecular formula is C52H33N3SSi. The first-order valence-corrected chi connectivity index (χ1v) is 22.2. The number of nitrogens with zero attached hydrogens (tertiary/aromatic N) is 3. The third-order valence-corrected chi connectivity index (χ3v) is 17.8. The molecule has 0 spiro atoms. The van der Waals surface area contributed by atoms with Crippen molar-refractivity contribution in [2.45, 2.75) is 0 Å². The van der Waals surface area contributed by atoms with E-state index in [0.717, 1.165) is 39.2 Å². The van der Waals surface area contributed by atoms with E-state index in [1.807, 2.05) is 11.3 Å². The van der Waals surface area contributed by atoms with Crippen LogP contribution < -0.4 is 20.9 Å². The van der Waals surface area contributed by atoms with Crippen LogP contribution in [0.5, 0.6) is 0 Å². The van der Waals surface area contributed by atoms with Crippen LogP contribution in [-0.4, -0.2) is 22.6 Å². The summed E-state index contributed by atoms with van der Waals surface area (Å²) in [6, 6.07) is 72.9. The van der Waals surface area contributed by atoms with Gasteiger partial charge in [-0.25, -0.2) is 9.97 Å². The predicted molar refractivity (Wildman–Crippen MR) is 243 cm³/mol. The fraction of sp³-hybridized carbons (Fsp3) is 0. The van der Waals surface area contributed by atoms with Crippen molar-refractivity contribution in [3.63, 3.8) is 0 Å². The number of aromatic nitrogens is 3. The Bertz CT molecular complexity index is 3310. The van der Waals surface area contributed by atoms with Gasteiger partial charge in [-0.15, -0.1) is 11.3 Å². The molecule has 0 amide bonds. The first-order chi connectivity index (χ1) is 28.3. The third-order valence-electron chi connectivity index (χ3n) is 11.9. The van der Waals surface area contributed by atoms with Crippen LogP contribution in [-0.2, 0) is 0 Å². The van der Waals surface area contributed by atoms with Crippen LogP contribution in [0.3, 0.4) is 0 Å². The molecule has 3 nitrogen and oxygen atoms in total. The average molecular weight is 760 g/mol. The van der Waals surface area contributed by atoms with Crippen molar-refractivity contribution in [2.75, 3.05) is 0 Å². The second kappa shape index (κ2) is 12.5. The predicted octanol–water partition coefficient (Wildman–Crippen LogP) is 10.6. The largest absolute Gasteiger partial charge is 0.309 e. The molecule has 0 aliphatic carbocycles. The zero-order valence-corrected chi connectivity index (χ0v) is 32.6. The molecule has 12 rings (SSSR count). The molecule has 0 radical (unpaired) electrons. The van der Waals surface area contributed by atoms with Gasteiger partial charge in [0.2, 0.25) is 8.07 Å². The summed E-state index contributed by atoms with van der Waals surface area (Å²) in [4.78, 5) is 11.2. The maximum Gasteiger partial charge on any atom is 0.203 e. The Kier molecular flexibility index (Phi) is 7.12. The van der Waals surface area contributed by atoms with Gasteiger partial charge in [0, 0.05) is 53.3 Å². The summed E-state index contributed by atoms with van der Waals surface area (Å²) in [5.41, 5.74) is 8.89. The number of thiophene rings is 1. The second-order valence-corrected chi connectivity index (χ2v) is 19.6.